The minimum Gasteiger partial charge on any atom is -0.489 e. The average Bonchev–Trinajstić information content (AvgIpc) is 2.76. The molecule has 0 bridgehead atoms. The van der Waals surface area contributed by atoms with E-state index in [4.69, 9.17) is 14.5 Å². The number of para-hydroxylation sites is 1. The van der Waals surface area contributed by atoms with Gasteiger partial charge in [0.25, 0.3) is 0 Å². The molecule has 1 aliphatic rings. The molecular formula is C22H36IN5O3. The Morgan fingerprint density at radius 1 is 1.23 bits per heavy atom. The first-order chi connectivity index (χ1) is 14.7. The zero-order valence-electron chi connectivity index (χ0n) is 18.6. The Bertz CT molecular complexity index is 693. The third-order valence-corrected chi connectivity index (χ3v) is 4.73. The number of hydrogen-bond donors (Lipinski definition) is 2. The van der Waals surface area contributed by atoms with Gasteiger partial charge in [0.05, 0.1) is 19.7 Å². The molecule has 1 aromatic rings. The normalized spacial score (nSPS) is 14.5. The minimum atomic E-state index is 0. The molecule has 1 aromatic carbocycles. The summed E-state index contributed by atoms with van der Waals surface area (Å²) in [4.78, 5) is 21.2. The number of benzene rings is 1. The molecule has 0 aliphatic carbocycles. The second-order valence-corrected chi connectivity index (χ2v) is 6.98. The number of rotatable bonds is 11. The Morgan fingerprint density at radius 3 is 2.65 bits per heavy atom. The van der Waals surface area contributed by atoms with Crippen molar-refractivity contribution >= 4 is 35.8 Å². The van der Waals surface area contributed by atoms with E-state index in [0.717, 1.165) is 50.0 Å². The fraction of sp³-hybridized carbons (Fsp3) is 0.545. The monoisotopic (exact) mass is 545 g/mol. The van der Waals surface area contributed by atoms with Gasteiger partial charge in [-0.1, -0.05) is 30.9 Å². The Balaban J connectivity index is 0.00000480. The van der Waals surface area contributed by atoms with E-state index < -0.39 is 0 Å². The van der Waals surface area contributed by atoms with Crippen molar-refractivity contribution < 1.29 is 14.3 Å². The molecule has 1 saturated heterocycles. The molecule has 31 heavy (non-hydrogen) atoms. The maximum atomic E-state index is 12.0. The number of halogens is 1. The highest BCUT2D eigenvalue weighted by Crippen LogP contribution is 2.19. The average molecular weight is 545 g/mol. The van der Waals surface area contributed by atoms with Crippen LogP contribution >= 0.6 is 24.0 Å². The molecule has 9 heteroatoms. The minimum absolute atomic E-state index is 0. The summed E-state index contributed by atoms with van der Waals surface area (Å²) < 4.78 is 10.7. The molecule has 1 heterocycles. The van der Waals surface area contributed by atoms with Crippen molar-refractivity contribution in [3.8, 4) is 5.75 Å². The molecule has 1 aliphatic heterocycles. The number of nitrogens with one attached hydrogen (secondary N) is 2. The molecule has 2 N–H and O–H groups in total. The first-order valence-corrected chi connectivity index (χ1v) is 10.5. The van der Waals surface area contributed by atoms with Crippen LogP contribution < -0.4 is 15.4 Å². The van der Waals surface area contributed by atoms with Gasteiger partial charge in [-0.05, 0) is 13.0 Å². The summed E-state index contributed by atoms with van der Waals surface area (Å²) >= 11 is 0. The van der Waals surface area contributed by atoms with Crippen molar-refractivity contribution in [2.45, 2.75) is 13.5 Å². The van der Waals surface area contributed by atoms with Crippen molar-refractivity contribution in [2.24, 2.45) is 4.99 Å². The largest absolute Gasteiger partial charge is 0.489 e. The van der Waals surface area contributed by atoms with Crippen LogP contribution in [0.4, 0.5) is 0 Å². The van der Waals surface area contributed by atoms with Gasteiger partial charge < -0.3 is 25.0 Å². The number of carbonyl (C=O) groups is 1. The van der Waals surface area contributed by atoms with Crippen LogP contribution in [0.25, 0.3) is 0 Å². The Kier molecular flexibility index (Phi) is 13.9. The number of guanidine groups is 1. The van der Waals surface area contributed by atoms with E-state index >= 15 is 0 Å². The van der Waals surface area contributed by atoms with Crippen molar-refractivity contribution in [3.05, 3.63) is 42.5 Å². The summed E-state index contributed by atoms with van der Waals surface area (Å²) in [5.41, 5.74) is 1.04. The van der Waals surface area contributed by atoms with Gasteiger partial charge in [-0.2, -0.15) is 0 Å². The van der Waals surface area contributed by atoms with E-state index in [1.54, 1.807) is 13.2 Å². The number of hydrogen-bond acceptors (Lipinski definition) is 5. The quantitative estimate of drug-likeness (QED) is 0.145. The Hall–Kier alpha value is -1.85. The second kappa shape index (κ2) is 15.9. The first kappa shape index (κ1) is 27.2. The lowest BCUT2D eigenvalue weighted by Gasteiger charge is -2.36. The van der Waals surface area contributed by atoms with Gasteiger partial charge >= 0.3 is 0 Å². The molecule has 0 spiro atoms. The number of nitrogens with zero attached hydrogens (tertiary/aromatic N) is 3. The summed E-state index contributed by atoms with van der Waals surface area (Å²) in [5.74, 6) is 1.76. The zero-order valence-corrected chi connectivity index (χ0v) is 21.0. The highest BCUT2D eigenvalue weighted by Gasteiger charge is 2.21. The van der Waals surface area contributed by atoms with Crippen LogP contribution in [0.1, 0.15) is 12.5 Å². The van der Waals surface area contributed by atoms with Crippen molar-refractivity contribution in [2.75, 3.05) is 66.1 Å². The molecular weight excluding hydrogens is 509 g/mol. The van der Waals surface area contributed by atoms with E-state index in [1.807, 2.05) is 24.3 Å². The summed E-state index contributed by atoms with van der Waals surface area (Å²) in [5, 5.41) is 6.25. The molecule has 0 aromatic heterocycles. The lowest BCUT2D eigenvalue weighted by molar-refractivity contribution is -0.122. The van der Waals surface area contributed by atoms with Crippen LogP contribution in [0.5, 0.6) is 5.75 Å². The van der Waals surface area contributed by atoms with E-state index in [1.165, 1.54) is 0 Å². The Labute approximate surface area is 203 Å². The fourth-order valence-corrected chi connectivity index (χ4v) is 3.18. The summed E-state index contributed by atoms with van der Waals surface area (Å²) in [6.45, 7) is 12.4. The smallest absolute Gasteiger partial charge is 0.234 e. The predicted molar refractivity (Wildman–Crippen MR) is 135 cm³/mol. The van der Waals surface area contributed by atoms with Crippen LogP contribution in [0.15, 0.2) is 41.9 Å². The van der Waals surface area contributed by atoms with Crippen molar-refractivity contribution in [1.82, 2.24) is 20.4 Å². The van der Waals surface area contributed by atoms with Gasteiger partial charge in [-0.25, -0.2) is 4.99 Å². The zero-order chi connectivity index (χ0) is 21.6. The summed E-state index contributed by atoms with van der Waals surface area (Å²) in [6.07, 6.45) is 1.74. The number of methoxy groups -OCH3 is 1. The number of ether oxygens (including phenoxy) is 2. The van der Waals surface area contributed by atoms with E-state index in [2.05, 4.69) is 33.9 Å². The van der Waals surface area contributed by atoms with Gasteiger partial charge in [0.1, 0.15) is 12.4 Å². The number of aliphatic imine (C=N–C) groups is 1. The number of piperazine rings is 1. The molecule has 1 amide bonds. The molecule has 8 nitrogen and oxygen atoms in total. The molecule has 174 valence electrons. The highest BCUT2D eigenvalue weighted by atomic mass is 127. The second-order valence-electron chi connectivity index (χ2n) is 6.98. The SMILES string of the molecule is C=CCOc1ccccc1CN=C(NCC)N1CCN(CC(=O)NCCOC)CC1.I. The number of carbonyl (C=O) groups excluding carboxylic acids is 1. The van der Waals surface area contributed by atoms with E-state index in [9.17, 15) is 4.79 Å². The lowest BCUT2D eigenvalue weighted by Crippen LogP contribution is -2.54. The van der Waals surface area contributed by atoms with Crippen molar-refractivity contribution in [3.63, 3.8) is 0 Å². The topological polar surface area (TPSA) is 78.4 Å². The molecule has 0 radical (unpaired) electrons. The third kappa shape index (κ3) is 9.88. The van der Waals surface area contributed by atoms with E-state index in [0.29, 0.717) is 32.8 Å². The van der Waals surface area contributed by atoms with Gasteiger partial charge in [0.2, 0.25) is 5.91 Å². The Morgan fingerprint density at radius 2 is 1.97 bits per heavy atom. The van der Waals surface area contributed by atoms with Crippen LogP contribution in [-0.2, 0) is 16.1 Å². The van der Waals surface area contributed by atoms with Gasteiger partial charge in [-0.3, -0.25) is 9.69 Å². The van der Waals surface area contributed by atoms with Crippen molar-refractivity contribution in [1.29, 1.82) is 0 Å². The maximum Gasteiger partial charge on any atom is 0.234 e. The summed E-state index contributed by atoms with van der Waals surface area (Å²) in [7, 11) is 1.63. The summed E-state index contributed by atoms with van der Waals surface area (Å²) in [6, 6.07) is 7.94. The molecule has 0 atom stereocenters. The van der Waals surface area contributed by atoms with Crippen LogP contribution in [-0.4, -0.2) is 87.8 Å². The van der Waals surface area contributed by atoms with Crippen LogP contribution in [0.3, 0.4) is 0 Å². The van der Waals surface area contributed by atoms with Gasteiger partial charge in [-0.15, -0.1) is 24.0 Å². The lowest BCUT2D eigenvalue weighted by atomic mass is 10.2. The fourth-order valence-electron chi connectivity index (χ4n) is 3.18. The third-order valence-electron chi connectivity index (χ3n) is 4.73. The standard InChI is InChI=1S/C22H35N5O3.HI/c1-4-15-30-20-9-7-6-8-19(20)17-25-22(23-5-2)27-13-11-26(12-14-27)18-21(28)24-10-16-29-3;/h4,6-9H,1,5,10-18H2,2-3H3,(H,23,25)(H,24,28);1H. The number of amides is 1. The molecule has 0 unspecified atom stereocenters. The van der Waals surface area contributed by atoms with Gasteiger partial charge in [0, 0.05) is 51.9 Å². The van der Waals surface area contributed by atoms with Crippen LogP contribution in [0, 0.1) is 0 Å². The molecule has 0 saturated carbocycles. The highest BCUT2D eigenvalue weighted by molar-refractivity contribution is 14.0. The van der Waals surface area contributed by atoms with E-state index in [-0.39, 0.29) is 29.9 Å². The molecule has 2 rings (SSSR count). The maximum absolute atomic E-state index is 12.0. The van der Waals surface area contributed by atoms with Crippen LogP contribution in [0.2, 0.25) is 0 Å². The predicted octanol–water partition coefficient (Wildman–Crippen LogP) is 1.72. The molecule has 1 fully saturated rings. The van der Waals surface area contributed by atoms with Gasteiger partial charge in [0.15, 0.2) is 5.96 Å². The first-order valence-electron chi connectivity index (χ1n) is 10.5.